The molecule has 0 aromatic carbocycles. The van der Waals surface area contributed by atoms with Gasteiger partial charge in [-0.3, -0.25) is 9.79 Å². The summed E-state index contributed by atoms with van der Waals surface area (Å²) in [6.45, 7) is 2.15. The molecule has 1 saturated carbocycles. The summed E-state index contributed by atoms with van der Waals surface area (Å²) in [5.74, 6) is 0.511. The Morgan fingerprint density at radius 1 is 1.50 bits per heavy atom. The molecule has 1 unspecified atom stereocenters. The van der Waals surface area contributed by atoms with Crippen LogP contribution in [0.15, 0.2) is 16.6 Å². The third-order valence-corrected chi connectivity index (χ3v) is 3.22. The molecule has 16 heavy (non-hydrogen) atoms. The Morgan fingerprint density at radius 3 is 2.88 bits per heavy atom. The van der Waals surface area contributed by atoms with E-state index in [4.69, 9.17) is 9.73 Å². The lowest BCUT2D eigenvalue weighted by Crippen LogP contribution is -2.14. The molecule has 2 rings (SSSR count). The molecule has 0 spiro atoms. The van der Waals surface area contributed by atoms with Crippen molar-refractivity contribution >= 4 is 11.7 Å². The molecule has 0 radical (unpaired) electrons. The Labute approximate surface area is 96.6 Å². The normalized spacial score (nSPS) is 25.5. The van der Waals surface area contributed by atoms with Crippen LogP contribution in [0.5, 0.6) is 0 Å². The number of esters is 1. The highest BCUT2D eigenvalue weighted by atomic mass is 16.5. The molecule has 2 aliphatic rings. The fraction of sp³-hybridized carbons (Fsp3) is 0.692. The van der Waals surface area contributed by atoms with E-state index < -0.39 is 0 Å². The van der Waals surface area contributed by atoms with E-state index in [9.17, 15) is 4.79 Å². The maximum Gasteiger partial charge on any atom is 0.307 e. The van der Waals surface area contributed by atoms with Gasteiger partial charge in [0.05, 0.1) is 19.6 Å². The molecule has 1 aliphatic carbocycles. The highest BCUT2D eigenvalue weighted by molar-refractivity contribution is 5.99. The third kappa shape index (κ3) is 2.94. The Morgan fingerprint density at radius 2 is 2.25 bits per heavy atom. The number of hydrogen-bond acceptors (Lipinski definition) is 3. The van der Waals surface area contributed by atoms with Crippen molar-refractivity contribution in [2.45, 2.75) is 45.1 Å². The molecule has 3 heteroatoms. The summed E-state index contributed by atoms with van der Waals surface area (Å²) in [5, 5.41) is 0. The van der Waals surface area contributed by atoms with E-state index >= 15 is 0 Å². The lowest BCUT2D eigenvalue weighted by Gasteiger charge is -2.09. The number of ether oxygens (including phenoxy) is 1. The van der Waals surface area contributed by atoms with Gasteiger partial charge in [0.1, 0.15) is 0 Å². The van der Waals surface area contributed by atoms with Crippen LogP contribution in [-0.4, -0.2) is 24.8 Å². The second-order valence-electron chi connectivity index (χ2n) is 4.79. The molecule has 88 valence electrons. The van der Waals surface area contributed by atoms with Gasteiger partial charge in [-0.05, 0) is 38.7 Å². The molecular weight excluding hydrogens is 202 g/mol. The first-order chi connectivity index (χ1) is 7.69. The zero-order valence-electron chi connectivity index (χ0n) is 10.0. The average molecular weight is 221 g/mol. The van der Waals surface area contributed by atoms with E-state index in [0.717, 1.165) is 12.8 Å². The molecule has 0 aromatic heterocycles. The smallest absolute Gasteiger partial charge is 0.307 e. The number of methoxy groups -OCH3 is 1. The first kappa shape index (κ1) is 11.4. The third-order valence-electron chi connectivity index (χ3n) is 3.22. The lowest BCUT2D eigenvalue weighted by molar-refractivity contribution is -0.141. The minimum absolute atomic E-state index is 0.122. The summed E-state index contributed by atoms with van der Waals surface area (Å²) in [6, 6.07) is 0.122. The van der Waals surface area contributed by atoms with Crippen LogP contribution < -0.4 is 0 Å². The van der Waals surface area contributed by atoms with Gasteiger partial charge in [-0.25, -0.2) is 0 Å². The number of carbonyl (C=O) groups excluding carboxylic acids is 1. The molecule has 0 amide bonds. The van der Waals surface area contributed by atoms with Crippen LogP contribution in [-0.2, 0) is 9.53 Å². The van der Waals surface area contributed by atoms with Crippen LogP contribution in [0.25, 0.3) is 0 Å². The number of nitrogens with zero attached hydrogens (tertiary/aromatic N) is 1. The molecule has 3 nitrogen and oxygen atoms in total. The largest absolute Gasteiger partial charge is 0.469 e. The quantitative estimate of drug-likeness (QED) is 0.687. The van der Waals surface area contributed by atoms with Gasteiger partial charge >= 0.3 is 5.97 Å². The summed E-state index contributed by atoms with van der Waals surface area (Å²) >= 11 is 0. The van der Waals surface area contributed by atoms with E-state index in [1.807, 2.05) is 0 Å². The Balaban J connectivity index is 2.05. The Bertz CT molecular complexity index is 340. The number of rotatable bonds is 3. The van der Waals surface area contributed by atoms with E-state index in [-0.39, 0.29) is 12.0 Å². The Hall–Kier alpha value is -1.12. The number of hydrogen-bond donors (Lipinski definition) is 0. The van der Waals surface area contributed by atoms with Gasteiger partial charge in [-0.2, -0.15) is 0 Å². The molecule has 0 aromatic rings. The fourth-order valence-corrected chi connectivity index (χ4v) is 2.06. The molecule has 0 saturated heterocycles. The van der Waals surface area contributed by atoms with Gasteiger partial charge in [0, 0.05) is 11.6 Å². The molecule has 0 bridgehead atoms. The maximum atomic E-state index is 11.3. The van der Waals surface area contributed by atoms with Crippen molar-refractivity contribution in [1.29, 1.82) is 0 Å². The number of aliphatic imine (C=N–C) groups is 1. The molecule has 1 fully saturated rings. The van der Waals surface area contributed by atoms with Crippen LogP contribution in [0.2, 0.25) is 0 Å². The zero-order valence-corrected chi connectivity index (χ0v) is 10.0. The highest BCUT2D eigenvalue weighted by Gasteiger charge is 2.28. The minimum Gasteiger partial charge on any atom is -0.469 e. The summed E-state index contributed by atoms with van der Waals surface area (Å²) in [4.78, 5) is 16.0. The van der Waals surface area contributed by atoms with Gasteiger partial charge < -0.3 is 4.74 Å². The van der Waals surface area contributed by atoms with Crippen molar-refractivity contribution in [2.75, 3.05) is 7.11 Å². The maximum absolute atomic E-state index is 11.3. The second kappa shape index (κ2) is 4.81. The van der Waals surface area contributed by atoms with Crippen molar-refractivity contribution in [3.05, 3.63) is 11.6 Å². The molecule has 1 aliphatic heterocycles. The van der Waals surface area contributed by atoms with Gasteiger partial charge in [0.25, 0.3) is 0 Å². The molecule has 1 atom stereocenters. The number of carbonyl (C=O) groups is 1. The van der Waals surface area contributed by atoms with Crippen LogP contribution in [0.3, 0.4) is 0 Å². The first-order valence-corrected chi connectivity index (χ1v) is 6.00. The Kier molecular flexibility index (Phi) is 3.42. The van der Waals surface area contributed by atoms with E-state index in [1.165, 1.54) is 31.2 Å². The van der Waals surface area contributed by atoms with Gasteiger partial charge in [-0.1, -0.05) is 5.57 Å². The highest BCUT2D eigenvalue weighted by Crippen LogP contribution is 2.33. The lowest BCUT2D eigenvalue weighted by atomic mass is 10.1. The average Bonchev–Trinajstić information content (AvgIpc) is 3.06. The van der Waals surface area contributed by atoms with Gasteiger partial charge in [0.2, 0.25) is 0 Å². The summed E-state index contributed by atoms with van der Waals surface area (Å²) in [7, 11) is 1.44. The van der Waals surface area contributed by atoms with Crippen molar-refractivity contribution in [3.63, 3.8) is 0 Å². The summed E-state index contributed by atoms with van der Waals surface area (Å²) < 4.78 is 4.71. The summed E-state index contributed by atoms with van der Waals surface area (Å²) in [5.41, 5.74) is 2.60. The zero-order chi connectivity index (χ0) is 11.5. The van der Waals surface area contributed by atoms with E-state index in [1.54, 1.807) is 0 Å². The van der Waals surface area contributed by atoms with Crippen molar-refractivity contribution in [3.8, 4) is 0 Å². The summed E-state index contributed by atoms with van der Waals surface area (Å²) in [6.07, 6.45) is 7.17. The topological polar surface area (TPSA) is 38.7 Å². The van der Waals surface area contributed by atoms with Crippen LogP contribution >= 0.6 is 0 Å². The monoisotopic (exact) mass is 221 g/mol. The predicted octanol–water partition coefficient (Wildman–Crippen LogP) is 2.51. The van der Waals surface area contributed by atoms with Crippen molar-refractivity contribution < 1.29 is 9.53 Å². The van der Waals surface area contributed by atoms with Crippen LogP contribution in [0, 0.1) is 5.92 Å². The minimum atomic E-state index is -0.150. The standard InChI is InChI=1S/C13H19NO2/c1-9-3-6-11(8-13(15)16-2)14-12(7-9)10-4-5-10/h7,10-11H,3-6,8H2,1-2H3. The van der Waals surface area contributed by atoms with Gasteiger partial charge in [-0.15, -0.1) is 0 Å². The van der Waals surface area contributed by atoms with Crippen molar-refractivity contribution in [1.82, 2.24) is 0 Å². The predicted molar refractivity (Wildman–Crippen MR) is 63.6 cm³/mol. The van der Waals surface area contributed by atoms with E-state index in [0.29, 0.717) is 12.3 Å². The first-order valence-electron chi connectivity index (χ1n) is 6.00. The molecule has 1 heterocycles. The van der Waals surface area contributed by atoms with E-state index in [2.05, 4.69) is 13.0 Å². The molecule has 0 N–H and O–H groups in total. The number of allylic oxidation sites excluding steroid dienone is 2. The van der Waals surface area contributed by atoms with Crippen LogP contribution in [0.4, 0.5) is 0 Å². The second-order valence-corrected chi connectivity index (χ2v) is 4.79. The van der Waals surface area contributed by atoms with Gasteiger partial charge in [0.15, 0.2) is 0 Å². The molecular formula is C13H19NO2. The SMILES string of the molecule is COC(=O)CC1CCC(C)=CC(C2CC2)=N1. The van der Waals surface area contributed by atoms with Crippen molar-refractivity contribution in [2.24, 2.45) is 10.9 Å². The van der Waals surface area contributed by atoms with Crippen LogP contribution in [0.1, 0.15) is 39.0 Å². The fourth-order valence-electron chi connectivity index (χ4n) is 2.06.